The fraction of sp³-hybridized carbons (Fsp3) is 0.529. The summed E-state index contributed by atoms with van der Waals surface area (Å²) in [6.45, 7) is 3.94. The predicted octanol–water partition coefficient (Wildman–Crippen LogP) is 1.60. The van der Waals surface area contributed by atoms with Gasteiger partial charge in [0, 0.05) is 37.9 Å². The molecule has 0 saturated carbocycles. The summed E-state index contributed by atoms with van der Waals surface area (Å²) >= 11 is 0. The first-order chi connectivity index (χ1) is 11.8. The highest BCUT2D eigenvalue weighted by Gasteiger charge is 2.31. The van der Waals surface area contributed by atoms with E-state index in [0.29, 0.717) is 19.7 Å². The van der Waals surface area contributed by atoms with Crippen LogP contribution in [0.15, 0.2) is 24.3 Å². The first-order valence-electron chi connectivity index (χ1n) is 8.14. The Morgan fingerprint density at radius 2 is 2.04 bits per heavy atom. The van der Waals surface area contributed by atoms with Crippen molar-refractivity contribution >= 4 is 17.5 Å². The van der Waals surface area contributed by atoms with Crippen LogP contribution < -0.4 is 5.32 Å². The van der Waals surface area contributed by atoms with E-state index in [4.69, 9.17) is 4.74 Å². The van der Waals surface area contributed by atoms with Crippen molar-refractivity contribution in [1.82, 2.24) is 10.2 Å². The molecular weight excluding hydrogens is 326 g/mol. The van der Waals surface area contributed by atoms with Crippen molar-refractivity contribution in [2.45, 2.75) is 19.8 Å². The van der Waals surface area contributed by atoms with E-state index < -0.39 is 10.8 Å². The first kappa shape index (κ1) is 18.9. The maximum Gasteiger partial charge on any atom is 0.270 e. The van der Waals surface area contributed by atoms with E-state index in [9.17, 15) is 19.7 Å². The lowest BCUT2D eigenvalue weighted by Crippen LogP contribution is -2.47. The highest BCUT2D eigenvalue weighted by molar-refractivity contribution is 5.96. The molecule has 25 heavy (non-hydrogen) atoms. The van der Waals surface area contributed by atoms with Crippen molar-refractivity contribution in [3.8, 4) is 0 Å². The quantitative estimate of drug-likeness (QED) is 0.621. The summed E-state index contributed by atoms with van der Waals surface area (Å²) in [5.74, 6) is -0.656. The Balaban J connectivity index is 1.85. The molecule has 1 aliphatic rings. The van der Waals surface area contributed by atoms with E-state index in [-0.39, 0.29) is 29.1 Å². The van der Waals surface area contributed by atoms with Gasteiger partial charge in [-0.25, -0.2) is 0 Å². The fourth-order valence-corrected chi connectivity index (χ4v) is 2.92. The molecule has 0 bridgehead atoms. The zero-order valence-corrected chi connectivity index (χ0v) is 14.5. The van der Waals surface area contributed by atoms with Crippen LogP contribution in [0.3, 0.4) is 0 Å². The van der Waals surface area contributed by atoms with E-state index in [1.54, 1.807) is 12.0 Å². The van der Waals surface area contributed by atoms with Gasteiger partial charge in [0.05, 0.1) is 18.1 Å². The zero-order valence-electron chi connectivity index (χ0n) is 14.5. The van der Waals surface area contributed by atoms with E-state index >= 15 is 0 Å². The first-order valence-corrected chi connectivity index (χ1v) is 8.14. The van der Waals surface area contributed by atoms with Gasteiger partial charge in [0.2, 0.25) is 5.91 Å². The largest absolute Gasteiger partial charge is 0.384 e. The van der Waals surface area contributed by atoms with Crippen LogP contribution in [0, 0.1) is 15.5 Å². The summed E-state index contributed by atoms with van der Waals surface area (Å²) in [6, 6.07) is 5.42. The molecule has 1 heterocycles. The second kappa shape index (κ2) is 8.06. The molecule has 1 aliphatic heterocycles. The van der Waals surface area contributed by atoms with E-state index in [1.165, 1.54) is 24.3 Å². The third-order valence-electron chi connectivity index (χ3n) is 4.54. The zero-order chi connectivity index (χ0) is 18.4. The number of carbonyl (C=O) groups excluding carboxylic acids is 2. The molecule has 1 saturated heterocycles. The van der Waals surface area contributed by atoms with Crippen LogP contribution in [-0.2, 0) is 9.53 Å². The molecule has 2 amide bonds. The van der Waals surface area contributed by atoms with Crippen LogP contribution in [0.1, 0.15) is 30.1 Å². The van der Waals surface area contributed by atoms with Gasteiger partial charge in [-0.3, -0.25) is 19.7 Å². The SMILES string of the molecule is COCC1(C)CCN(C(=O)CNC(=O)c2cccc([N+](=O)[O-])c2)CC1. The Hall–Kier alpha value is -2.48. The molecule has 0 unspecified atom stereocenters. The standard InChI is InChI=1S/C17H23N3O5/c1-17(12-25-2)6-8-19(9-7-17)15(21)11-18-16(22)13-4-3-5-14(10-13)20(23)24/h3-5,10H,6-9,11-12H2,1-2H3,(H,18,22). The van der Waals surface area contributed by atoms with Crippen LogP contribution in [0.5, 0.6) is 0 Å². The molecule has 136 valence electrons. The van der Waals surface area contributed by atoms with Gasteiger partial charge in [-0.15, -0.1) is 0 Å². The number of nitro benzene ring substituents is 1. The van der Waals surface area contributed by atoms with Crippen molar-refractivity contribution in [3.05, 3.63) is 39.9 Å². The molecule has 8 heteroatoms. The molecule has 1 aromatic rings. The van der Waals surface area contributed by atoms with Gasteiger partial charge < -0.3 is 15.0 Å². The van der Waals surface area contributed by atoms with Crippen LogP contribution in [0.25, 0.3) is 0 Å². The van der Waals surface area contributed by atoms with Gasteiger partial charge in [0.15, 0.2) is 0 Å². The van der Waals surface area contributed by atoms with Crippen molar-refractivity contribution in [2.75, 3.05) is 33.4 Å². The Labute approximate surface area is 146 Å². The Kier molecular flexibility index (Phi) is 6.08. The molecule has 1 aromatic carbocycles. The lowest BCUT2D eigenvalue weighted by molar-refractivity contribution is -0.384. The minimum Gasteiger partial charge on any atom is -0.384 e. The maximum absolute atomic E-state index is 12.2. The Morgan fingerprint density at radius 1 is 1.36 bits per heavy atom. The molecule has 2 rings (SSSR count). The predicted molar refractivity (Wildman–Crippen MR) is 91.2 cm³/mol. The molecule has 1 fully saturated rings. The number of hydrogen-bond acceptors (Lipinski definition) is 5. The van der Waals surface area contributed by atoms with Gasteiger partial charge in [0.25, 0.3) is 11.6 Å². The molecular formula is C17H23N3O5. The third kappa shape index (κ3) is 4.99. The normalized spacial score (nSPS) is 16.3. The number of piperidine rings is 1. The number of likely N-dealkylation sites (tertiary alicyclic amines) is 1. The topological polar surface area (TPSA) is 102 Å². The van der Waals surface area contributed by atoms with Crippen LogP contribution in [-0.4, -0.2) is 55.0 Å². The highest BCUT2D eigenvalue weighted by Crippen LogP contribution is 2.30. The van der Waals surface area contributed by atoms with Crippen molar-refractivity contribution < 1.29 is 19.2 Å². The Morgan fingerprint density at radius 3 is 2.64 bits per heavy atom. The van der Waals surface area contributed by atoms with E-state index in [0.717, 1.165) is 12.8 Å². The lowest BCUT2D eigenvalue weighted by Gasteiger charge is -2.39. The summed E-state index contributed by atoms with van der Waals surface area (Å²) in [6.07, 6.45) is 1.71. The number of nitrogens with one attached hydrogen (secondary N) is 1. The van der Waals surface area contributed by atoms with Gasteiger partial charge in [-0.05, 0) is 24.3 Å². The number of rotatable bonds is 6. The number of hydrogen-bond donors (Lipinski definition) is 1. The number of amides is 2. The molecule has 0 radical (unpaired) electrons. The fourth-order valence-electron chi connectivity index (χ4n) is 2.92. The van der Waals surface area contributed by atoms with Gasteiger partial charge in [0.1, 0.15) is 0 Å². The number of non-ortho nitro benzene ring substituents is 1. The van der Waals surface area contributed by atoms with Gasteiger partial charge in [-0.1, -0.05) is 13.0 Å². The molecule has 0 aliphatic carbocycles. The average molecular weight is 349 g/mol. The van der Waals surface area contributed by atoms with Crippen molar-refractivity contribution in [1.29, 1.82) is 0 Å². The second-order valence-electron chi connectivity index (χ2n) is 6.61. The van der Waals surface area contributed by atoms with Crippen molar-refractivity contribution in [2.24, 2.45) is 5.41 Å². The number of ether oxygens (including phenoxy) is 1. The molecule has 1 N–H and O–H groups in total. The monoisotopic (exact) mass is 349 g/mol. The molecule has 0 atom stereocenters. The summed E-state index contributed by atoms with van der Waals surface area (Å²) in [5.41, 5.74) is 0.0818. The number of methoxy groups -OCH3 is 1. The number of nitrogens with zero attached hydrogens (tertiary/aromatic N) is 2. The summed E-state index contributed by atoms with van der Waals surface area (Å²) < 4.78 is 5.23. The third-order valence-corrected chi connectivity index (χ3v) is 4.54. The number of benzene rings is 1. The second-order valence-corrected chi connectivity index (χ2v) is 6.61. The van der Waals surface area contributed by atoms with Crippen molar-refractivity contribution in [3.63, 3.8) is 0 Å². The van der Waals surface area contributed by atoms with Crippen LogP contribution >= 0.6 is 0 Å². The van der Waals surface area contributed by atoms with E-state index in [1.807, 2.05) is 0 Å². The maximum atomic E-state index is 12.2. The number of carbonyl (C=O) groups is 2. The summed E-state index contributed by atoms with van der Waals surface area (Å²) in [7, 11) is 1.67. The van der Waals surface area contributed by atoms with Gasteiger partial charge >= 0.3 is 0 Å². The van der Waals surface area contributed by atoms with Gasteiger partial charge in [-0.2, -0.15) is 0 Å². The summed E-state index contributed by atoms with van der Waals surface area (Å²) in [5, 5.41) is 13.3. The molecule has 0 spiro atoms. The smallest absolute Gasteiger partial charge is 0.270 e. The average Bonchev–Trinajstić information content (AvgIpc) is 2.60. The Bertz CT molecular complexity index is 653. The minimum absolute atomic E-state index is 0.0811. The number of nitro groups is 1. The van der Waals surface area contributed by atoms with Crippen LogP contribution in [0.4, 0.5) is 5.69 Å². The highest BCUT2D eigenvalue weighted by atomic mass is 16.6. The molecule has 8 nitrogen and oxygen atoms in total. The lowest BCUT2D eigenvalue weighted by atomic mass is 9.81. The van der Waals surface area contributed by atoms with E-state index in [2.05, 4.69) is 12.2 Å². The summed E-state index contributed by atoms with van der Waals surface area (Å²) in [4.78, 5) is 36.2. The van der Waals surface area contributed by atoms with Crippen LogP contribution in [0.2, 0.25) is 0 Å². The molecule has 0 aromatic heterocycles. The minimum atomic E-state index is -0.563.